The van der Waals surface area contributed by atoms with E-state index in [-0.39, 0.29) is 35.6 Å². The van der Waals surface area contributed by atoms with Gasteiger partial charge in [-0.1, -0.05) is 12.1 Å². The zero-order valence-electron chi connectivity index (χ0n) is 19.3. The number of carbonyl (C=O) groups excluding carboxylic acids is 3. The van der Waals surface area contributed by atoms with Crippen LogP contribution in [0.4, 0.5) is 10.5 Å². The van der Waals surface area contributed by atoms with Crippen LogP contribution in [0.15, 0.2) is 46.8 Å². The fourth-order valence-electron chi connectivity index (χ4n) is 3.27. The second kappa shape index (κ2) is 10.6. The van der Waals surface area contributed by atoms with Crippen molar-refractivity contribution >= 4 is 23.7 Å². The predicted molar refractivity (Wildman–Crippen MR) is 116 cm³/mol. The fourth-order valence-corrected chi connectivity index (χ4v) is 3.27. The monoisotopic (exact) mass is 461 g/mol. The standard InChI is InChI=1S/C20H24N2O6.C2H3NO2/c1-6-27-19(23)16-12(4)21-13(5)17(20(24)28-11(2)3)18(16)14-8-7-9-15(10-14)22(25)26;1-3-2(4)5-3/h7-11,18,21H,6H2,1-5H3;1H3. The summed E-state index contributed by atoms with van der Waals surface area (Å²) < 4.78 is 10.5. The number of nitrogens with zero attached hydrogens (tertiary/aromatic N) is 2. The summed E-state index contributed by atoms with van der Waals surface area (Å²) in [4.78, 5) is 49.9. The Morgan fingerprint density at radius 2 is 1.76 bits per heavy atom. The molecule has 3 rings (SSSR count). The summed E-state index contributed by atoms with van der Waals surface area (Å²) in [6.07, 6.45) is -0.610. The van der Waals surface area contributed by atoms with Gasteiger partial charge in [-0.3, -0.25) is 10.1 Å². The first kappa shape index (κ1) is 25.4. The van der Waals surface area contributed by atoms with E-state index in [1.54, 1.807) is 47.7 Å². The predicted octanol–water partition coefficient (Wildman–Crippen LogP) is 3.33. The van der Waals surface area contributed by atoms with Crippen molar-refractivity contribution in [2.75, 3.05) is 13.7 Å². The molecule has 33 heavy (non-hydrogen) atoms. The lowest BCUT2D eigenvalue weighted by Gasteiger charge is -2.30. The molecule has 0 spiro atoms. The Labute approximate surface area is 191 Å². The van der Waals surface area contributed by atoms with Gasteiger partial charge >= 0.3 is 18.0 Å². The third kappa shape index (κ3) is 6.31. The molecule has 0 saturated carbocycles. The highest BCUT2D eigenvalue weighted by molar-refractivity contribution is 6.00. The minimum atomic E-state index is -0.841. The van der Waals surface area contributed by atoms with E-state index >= 15 is 0 Å². The summed E-state index contributed by atoms with van der Waals surface area (Å²) in [7, 11) is 1.56. The lowest BCUT2D eigenvalue weighted by atomic mass is 9.80. The number of non-ortho nitro benzene ring substituents is 1. The minimum absolute atomic E-state index is 0.133. The average Bonchev–Trinajstić information content (AvgIpc) is 3.38. The maximum Gasteiger partial charge on any atom is 0.467 e. The van der Waals surface area contributed by atoms with Crippen molar-refractivity contribution in [3.63, 3.8) is 0 Å². The zero-order chi connectivity index (χ0) is 24.9. The van der Waals surface area contributed by atoms with Crippen LogP contribution >= 0.6 is 0 Å². The molecule has 178 valence electrons. The first-order valence-electron chi connectivity index (χ1n) is 10.2. The van der Waals surface area contributed by atoms with E-state index in [0.29, 0.717) is 17.0 Å². The van der Waals surface area contributed by atoms with Crippen LogP contribution in [0.25, 0.3) is 0 Å². The van der Waals surface area contributed by atoms with E-state index in [1.807, 2.05) is 0 Å². The van der Waals surface area contributed by atoms with Gasteiger partial charge in [0.2, 0.25) is 0 Å². The molecule has 1 atom stereocenters. The highest BCUT2D eigenvalue weighted by Crippen LogP contribution is 2.40. The SMILES string of the molecule is CCOC(=O)C1=C(C)NC(C)=C(C(=O)OC(C)C)C1c1cccc([N+](=O)[O-])c1.CN1OC1=O. The topological polar surface area (TPSA) is 140 Å². The van der Waals surface area contributed by atoms with Gasteiger partial charge in [0.1, 0.15) is 0 Å². The molecule has 1 unspecified atom stereocenters. The smallest absolute Gasteiger partial charge is 0.463 e. The number of nitrogens with one attached hydrogen (secondary N) is 1. The van der Waals surface area contributed by atoms with E-state index in [4.69, 9.17) is 9.47 Å². The van der Waals surface area contributed by atoms with Crippen LogP contribution in [0.5, 0.6) is 0 Å². The molecule has 0 radical (unpaired) electrons. The molecule has 2 aliphatic heterocycles. The van der Waals surface area contributed by atoms with Crippen molar-refractivity contribution in [3.05, 3.63) is 62.5 Å². The Balaban J connectivity index is 0.000000678. The Hall–Kier alpha value is -3.89. The van der Waals surface area contributed by atoms with Crippen LogP contribution < -0.4 is 5.32 Å². The number of ether oxygens (including phenoxy) is 2. The molecule has 11 heteroatoms. The normalized spacial score (nSPS) is 17.0. The first-order chi connectivity index (χ1) is 15.5. The molecule has 0 aliphatic carbocycles. The van der Waals surface area contributed by atoms with Gasteiger partial charge in [-0.25, -0.2) is 14.4 Å². The molecular weight excluding hydrogens is 434 g/mol. The third-order valence-electron chi connectivity index (χ3n) is 4.67. The largest absolute Gasteiger partial charge is 0.467 e. The van der Waals surface area contributed by atoms with Gasteiger partial charge in [0.15, 0.2) is 0 Å². The highest BCUT2D eigenvalue weighted by atomic mass is 16.9. The lowest BCUT2D eigenvalue weighted by Crippen LogP contribution is -2.33. The molecular formula is C22H27N3O8. The zero-order valence-corrected chi connectivity index (χ0v) is 19.3. The quantitative estimate of drug-likeness (QED) is 0.292. The van der Waals surface area contributed by atoms with Gasteiger partial charge in [0.05, 0.1) is 41.7 Å². The Kier molecular flexibility index (Phi) is 8.16. The van der Waals surface area contributed by atoms with Gasteiger partial charge in [0, 0.05) is 23.5 Å². The molecule has 1 N–H and O–H groups in total. The summed E-state index contributed by atoms with van der Waals surface area (Å²) in [5.41, 5.74) is 1.80. The van der Waals surface area contributed by atoms with E-state index in [1.165, 1.54) is 18.2 Å². The molecule has 1 saturated heterocycles. The van der Waals surface area contributed by atoms with Gasteiger partial charge < -0.3 is 19.6 Å². The van der Waals surface area contributed by atoms with Gasteiger partial charge in [-0.15, -0.1) is 5.06 Å². The fraction of sp³-hybridized carbons (Fsp3) is 0.409. The first-order valence-corrected chi connectivity index (χ1v) is 10.2. The van der Waals surface area contributed by atoms with Crippen molar-refractivity contribution in [2.24, 2.45) is 0 Å². The summed E-state index contributed by atoms with van der Waals surface area (Å²) in [6, 6.07) is 5.88. The van der Waals surface area contributed by atoms with Gasteiger partial charge in [-0.2, -0.15) is 0 Å². The maximum atomic E-state index is 12.8. The van der Waals surface area contributed by atoms with E-state index in [9.17, 15) is 24.5 Å². The number of amides is 1. The number of nitro groups is 1. The van der Waals surface area contributed by atoms with Crippen molar-refractivity contribution in [3.8, 4) is 0 Å². The number of carbonyl (C=O) groups is 3. The van der Waals surface area contributed by atoms with Crippen molar-refractivity contribution < 1.29 is 33.6 Å². The number of allylic oxidation sites excluding steroid dienone is 2. The summed E-state index contributed by atoms with van der Waals surface area (Å²) in [6.45, 7) is 8.68. The van der Waals surface area contributed by atoms with Crippen molar-refractivity contribution in [1.29, 1.82) is 0 Å². The van der Waals surface area contributed by atoms with E-state index in [0.717, 1.165) is 5.06 Å². The van der Waals surface area contributed by atoms with Gasteiger partial charge in [0.25, 0.3) is 5.69 Å². The number of nitro benzene ring substituents is 1. The summed E-state index contributed by atoms with van der Waals surface area (Å²) in [5, 5.41) is 15.4. The molecule has 0 bridgehead atoms. The molecule has 1 amide bonds. The molecule has 11 nitrogen and oxygen atoms in total. The van der Waals surface area contributed by atoms with Crippen LogP contribution in [0, 0.1) is 10.1 Å². The van der Waals surface area contributed by atoms with Crippen LogP contribution in [0.1, 0.15) is 46.1 Å². The molecule has 2 aliphatic rings. The van der Waals surface area contributed by atoms with Crippen LogP contribution in [0.3, 0.4) is 0 Å². The van der Waals surface area contributed by atoms with Gasteiger partial charge in [-0.05, 0) is 40.2 Å². The molecule has 0 aromatic heterocycles. The Morgan fingerprint density at radius 3 is 2.21 bits per heavy atom. The number of hydrogen-bond donors (Lipinski definition) is 1. The van der Waals surface area contributed by atoms with Crippen molar-refractivity contribution in [2.45, 2.75) is 46.6 Å². The van der Waals surface area contributed by atoms with Crippen LogP contribution in [0.2, 0.25) is 0 Å². The highest BCUT2D eigenvalue weighted by Gasteiger charge is 2.38. The second-order valence-electron chi connectivity index (χ2n) is 7.52. The second-order valence-corrected chi connectivity index (χ2v) is 7.52. The number of esters is 2. The van der Waals surface area contributed by atoms with Crippen LogP contribution in [-0.2, 0) is 23.9 Å². The van der Waals surface area contributed by atoms with Crippen LogP contribution in [-0.4, -0.2) is 47.8 Å². The molecule has 1 aromatic carbocycles. The van der Waals surface area contributed by atoms with Crippen molar-refractivity contribution in [1.82, 2.24) is 10.4 Å². The third-order valence-corrected chi connectivity index (χ3v) is 4.67. The molecule has 1 aromatic rings. The summed E-state index contributed by atoms with van der Waals surface area (Å²) in [5.74, 6) is -2.02. The van der Waals surface area contributed by atoms with E-state index in [2.05, 4.69) is 10.2 Å². The summed E-state index contributed by atoms with van der Waals surface area (Å²) >= 11 is 0. The number of hydrogen-bond acceptors (Lipinski definition) is 9. The lowest BCUT2D eigenvalue weighted by molar-refractivity contribution is -0.384. The Morgan fingerprint density at radius 1 is 1.21 bits per heavy atom. The number of dihydropyridines is 1. The number of benzene rings is 1. The molecule has 2 heterocycles. The molecule has 1 fully saturated rings. The number of hydroxylamine groups is 2. The average molecular weight is 461 g/mol. The number of rotatable bonds is 6. The Bertz CT molecular complexity index is 1030. The minimum Gasteiger partial charge on any atom is -0.463 e. The van der Waals surface area contributed by atoms with E-state index < -0.39 is 22.8 Å². The maximum absolute atomic E-state index is 12.8.